The van der Waals surface area contributed by atoms with Gasteiger partial charge in [0.1, 0.15) is 5.82 Å². The smallest absolute Gasteiger partial charge is 0.241 e. The van der Waals surface area contributed by atoms with Crippen LogP contribution in [-0.2, 0) is 19.8 Å². The van der Waals surface area contributed by atoms with Gasteiger partial charge in [-0.15, -0.1) is 0 Å². The fourth-order valence-corrected chi connectivity index (χ4v) is 4.44. The summed E-state index contributed by atoms with van der Waals surface area (Å²) in [5, 5.41) is 9.64. The maximum Gasteiger partial charge on any atom is 0.241 e. The van der Waals surface area contributed by atoms with Gasteiger partial charge in [0.25, 0.3) is 0 Å². The quantitative estimate of drug-likeness (QED) is 0.498. The molecule has 2 aromatic heterocycles. The van der Waals surface area contributed by atoms with Crippen molar-refractivity contribution in [2.45, 2.75) is 45.4 Å². The molecule has 1 aliphatic heterocycles. The van der Waals surface area contributed by atoms with E-state index in [0.717, 1.165) is 49.7 Å². The first-order chi connectivity index (χ1) is 15.1. The SMILES string of the molecule is CCn1c(C2CC2)nn(CN2CCN(Cc3nc(-c4ccc(Cl)cc4)no3)CC2)c1=S. The highest BCUT2D eigenvalue weighted by Gasteiger charge is 2.30. The summed E-state index contributed by atoms with van der Waals surface area (Å²) in [6.07, 6.45) is 2.47. The molecule has 8 nitrogen and oxygen atoms in total. The minimum Gasteiger partial charge on any atom is -0.338 e. The first-order valence-electron chi connectivity index (χ1n) is 10.8. The number of benzene rings is 1. The van der Waals surface area contributed by atoms with Crippen molar-refractivity contribution >= 4 is 23.8 Å². The number of piperazine rings is 1. The molecule has 0 atom stereocenters. The van der Waals surface area contributed by atoms with Crippen LogP contribution < -0.4 is 0 Å². The predicted octanol–water partition coefficient (Wildman–Crippen LogP) is 3.79. The summed E-state index contributed by atoms with van der Waals surface area (Å²) in [4.78, 5) is 9.29. The monoisotopic (exact) mass is 459 g/mol. The molecule has 1 saturated carbocycles. The van der Waals surface area contributed by atoms with E-state index >= 15 is 0 Å². The second kappa shape index (κ2) is 8.82. The standard InChI is InChI=1S/C21H26ClN7OS/c1-2-28-20(16-3-4-16)24-29(21(28)31)14-27-11-9-26(10-12-27)13-18-23-19(25-30-18)15-5-7-17(22)8-6-15/h5-8,16H,2-4,9-14H2,1H3. The Bertz CT molecular complexity index is 1090. The van der Waals surface area contributed by atoms with Crippen LogP contribution in [-0.4, -0.2) is 60.5 Å². The van der Waals surface area contributed by atoms with Gasteiger partial charge < -0.3 is 9.09 Å². The zero-order chi connectivity index (χ0) is 21.4. The van der Waals surface area contributed by atoms with Crippen LogP contribution in [0.4, 0.5) is 0 Å². The summed E-state index contributed by atoms with van der Waals surface area (Å²) in [6, 6.07) is 7.45. The highest BCUT2D eigenvalue weighted by molar-refractivity contribution is 7.71. The molecular weight excluding hydrogens is 434 g/mol. The number of hydrogen-bond acceptors (Lipinski definition) is 7. The summed E-state index contributed by atoms with van der Waals surface area (Å²) < 4.78 is 10.5. The number of nitrogens with zero attached hydrogens (tertiary/aromatic N) is 7. The van der Waals surface area contributed by atoms with E-state index in [2.05, 4.69) is 31.4 Å². The Morgan fingerprint density at radius 2 is 1.81 bits per heavy atom. The van der Waals surface area contributed by atoms with Crippen LogP contribution in [0.3, 0.4) is 0 Å². The number of aromatic nitrogens is 5. The third-order valence-electron chi connectivity index (χ3n) is 5.94. The minimum atomic E-state index is 0.595. The van der Waals surface area contributed by atoms with E-state index < -0.39 is 0 Å². The molecule has 10 heteroatoms. The summed E-state index contributed by atoms with van der Waals surface area (Å²) in [6.45, 7) is 8.23. The average Bonchev–Trinajstić information content (AvgIpc) is 3.44. The third-order valence-corrected chi connectivity index (χ3v) is 6.62. The van der Waals surface area contributed by atoms with Gasteiger partial charge in [-0.25, -0.2) is 4.68 Å². The lowest BCUT2D eigenvalue weighted by atomic mass is 10.2. The molecule has 0 spiro atoms. The summed E-state index contributed by atoms with van der Waals surface area (Å²) in [7, 11) is 0. The van der Waals surface area contributed by atoms with E-state index in [-0.39, 0.29) is 0 Å². The average molecular weight is 460 g/mol. The van der Waals surface area contributed by atoms with Crippen molar-refractivity contribution in [3.63, 3.8) is 0 Å². The summed E-state index contributed by atoms with van der Waals surface area (Å²) >= 11 is 11.6. The molecular formula is C21H26ClN7OS. The Hall–Kier alpha value is -2.07. The van der Waals surface area contributed by atoms with Crippen molar-refractivity contribution in [1.82, 2.24) is 34.3 Å². The molecule has 0 bridgehead atoms. The Balaban J connectivity index is 1.16. The molecule has 31 heavy (non-hydrogen) atoms. The van der Waals surface area contributed by atoms with Crippen molar-refractivity contribution in [3.8, 4) is 11.4 Å². The van der Waals surface area contributed by atoms with Gasteiger partial charge in [0.2, 0.25) is 11.7 Å². The second-order valence-electron chi connectivity index (χ2n) is 8.21. The van der Waals surface area contributed by atoms with Crippen LogP contribution in [0.25, 0.3) is 11.4 Å². The van der Waals surface area contributed by atoms with E-state index in [4.69, 9.17) is 33.4 Å². The first-order valence-corrected chi connectivity index (χ1v) is 11.6. The van der Waals surface area contributed by atoms with Crippen molar-refractivity contribution < 1.29 is 4.52 Å². The molecule has 0 N–H and O–H groups in total. The Morgan fingerprint density at radius 1 is 1.10 bits per heavy atom. The van der Waals surface area contributed by atoms with Gasteiger partial charge in [0, 0.05) is 49.2 Å². The Labute approximate surface area is 191 Å². The van der Waals surface area contributed by atoms with Crippen molar-refractivity contribution in [3.05, 3.63) is 45.8 Å². The highest BCUT2D eigenvalue weighted by atomic mass is 35.5. The van der Waals surface area contributed by atoms with E-state index in [1.165, 1.54) is 18.7 Å². The van der Waals surface area contributed by atoms with Gasteiger partial charge in [-0.3, -0.25) is 9.80 Å². The zero-order valence-electron chi connectivity index (χ0n) is 17.6. The van der Waals surface area contributed by atoms with Crippen molar-refractivity contribution in [2.24, 2.45) is 0 Å². The van der Waals surface area contributed by atoms with Crippen LogP contribution >= 0.6 is 23.8 Å². The molecule has 0 amide bonds. The van der Waals surface area contributed by atoms with Crippen molar-refractivity contribution in [1.29, 1.82) is 0 Å². The number of rotatable bonds is 7. The normalized spacial score (nSPS) is 18.0. The van der Waals surface area contributed by atoms with Gasteiger partial charge in [-0.2, -0.15) is 10.1 Å². The lowest BCUT2D eigenvalue weighted by Crippen LogP contribution is -2.46. The largest absolute Gasteiger partial charge is 0.338 e. The van der Waals surface area contributed by atoms with E-state index in [1.807, 2.05) is 28.9 Å². The van der Waals surface area contributed by atoms with Gasteiger partial charge in [0.05, 0.1) is 13.2 Å². The van der Waals surface area contributed by atoms with Crippen molar-refractivity contribution in [2.75, 3.05) is 26.2 Å². The Kier molecular flexibility index (Phi) is 5.92. The van der Waals surface area contributed by atoms with E-state index in [1.54, 1.807) is 0 Å². The minimum absolute atomic E-state index is 0.595. The first kappa shape index (κ1) is 20.8. The molecule has 1 aromatic carbocycles. The summed E-state index contributed by atoms with van der Waals surface area (Å²) in [5.41, 5.74) is 0.901. The molecule has 5 rings (SSSR count). The number of halogens is 1. The lowest BCUT2D eigenvalue weighted by Gasteiger charge is -2.33. The molecule has 3 heterocycles. The highest BCUT2D eigenvalue weighted by Crippen LogP contribution is 2.39. The topological polar surface area (TPSA) is 68.2 Å². The van der Waals surface area contributed by atoms with Gasteiger partial charge in [0.15, 0.2) is 4.77 Å². The van der Waals surface area contributed by atoms with Crippen LogP contribution in [0, 0.1) is 4.77 Å². The second-order valence-corrected chi connectivity index (χ2v) is 9.01. The molecule has 2 fully saturated rings. The fraction of sp³-hybridized carbons (Fsp3) is 0.524. The molecule has 0 unspecified atom stereocenters. The Morgan fingerprint density at radius 3 is 2.48 bits per heavy atom. The number of hydrogen-bond donors (Lipinski definition) is 0. The van der Waals surface area contributed by atoms with Crippen LogP contribution in [0.2, 0.25) is 5.02 Å². The van der Waals surface area contributed by atoms with Gasteiger partial charge >= 0.3 is 0 Å². The molecule has 164 valence electrons. The molecule has 1 saturated heterocycles. The fourth-order valence-electron chi connectivity index (χ4n) is 4.00. The van der Waals surface area contributed by atoms with Gasteiger partial charge in [-0.1, -0.05) is 16.8 Å². The maximum absolute atomic E-state index is 5.95. The zero-order valence-corrected chi connectivity index (χ0v) is 19.1. The third kappa shape index (κ3) is 4.59. The lowest BCUT2D eigenvalue weighted by molar-refractivity contribution is 0.0907. The maximum atomic E-state index is 5.95. The molecule has 3 aromatic rings. The van der Waals surface area contributed by atoms with E-state index in [0.29, 0.717) is 29.2 Å². The summed E-state index contributed by atoms with van der Waals surface area (Å²) in [5.74, 6) is 3.00. The van der Waals surface area contributed by atoms with Crippen LogP contribution in [0.15, 0.2) is 28.8 Å². The van der Waals surface area contributed by atoms with E-state index in [9.17, 15) is 0 Å². The molecule has 2 aliphatic rings. The van der Waals surface area contributed by atoms with Crippen LogP contribution in [0.5, 0.6) is 0 Å². The molecule has 0 radical (unpaired) electrons. The molecule has 1 aliphatic carbocycles. The van der Waals surface area contributed by atoms with Crippen LogP contribution in [0.1, 0.15) is 37.4 Å². The predicted molar refractivity (Wildman–Crippen MR) is 120 cm³/mol. The van der Waals surface area contributed by atoms with Gasteiger partial charge in [-0.05, 0) is 56.2 Å².